The molecule has 17 heavy (non-hydrogen) atoms. The minimum absolute atomic E-state index is 0.176. The number of nitrogens with one attached hydrogen (secondary N) is 2. The minimum atomic E-state index is -4.48. The van der Waals surface area contributed by atoms with E-state index in [1.807, 2.05) is 0 Å². The number of anilines is 1. The Bertz CT molecular complexity index is 377. The van der Waals surface area contributed by atoms with Crippen molar-refractivity contribution < 1.29 is 18.0 Å². The quantitative estimate of drug-likeness (QED) is 0.781. The van der Waals surface area contributed by atoms with E-state index in [1.54, 1.807) is 0 Å². The molecule has 2 N–H and O–H groups in total. The molecule has 1 aromatic rings. The molecule has 0 spiro atoms. The number of amides is 1. The summed E-state index contributed by atoms with van der Waals surface area (Å²) in [6, 6.07) is 2.03. The van der Waals surface area contributed by atoms with Crippen molar-refractivity contribution in [3.8, 4) is 0 Å². The fraction of sp³-hybridized carbons (Fsp3) is 0.444. The lowest BCUT2D eigenvalue weighted by Crippen LogP contribution is -2.26. The Morgan fingerprint density at radius 1 is 1.29 bits per heavy atom. The van der Waals surface area contributed by atoms with Crippen molar-refractivity contribution in [1.82, 2.24) is 15.5 Å². The van der Waals surface area contributed by atoms with E-state index in [0.29, 0.717) is 13.1 Å². The number of nitrogens with zero attached hydrogens (tertiary/aromatic N) is 2. The van der Waals surface area contributed by atoms with Gasteiger partial charge in [0.15, 0.2) is 5.69 Å². The molecule has 0 atom stereocenters. The number of carbonyl (C=O) groups is 1. The van der Waals surface area contributed by atoms with Gasteiger partial charge in [-0.05, 0) is 12.1 Å². The molecular weight excluding hydrogens is 237 g/mol. The van der Waals surface area contributed by atoms with Crippen molar-refractivity contribution >= 4 is 11.7 Å². The van der Waals surface area contributed by atoms with Crippen LogP contribution in [0.25, 0.3) is 0 Å². The van der Waals surface area contributed by atoms with Gasteiger partial charge in [0, 0.05) is 20.0 Å². The van der Waals surface area contributed by atoms with Gasteiger partial charge in [0.1, 0.15) is 5.82 Å². The highest BCUT2D eigenvalue weighted by Crippen LogP contribution is 2.26. The first-order chi connectivity index (χ1) is 7.89. The zero-order valence-electron chi connectivity index (χ0n) is 9.01. The average Bonchev–Trinajstić information content (AvgIpc) is 2.23. The Morgan fingerprint density at radius 2 is 2.00 bits per heavy atom. The van der Waals surface area contributed by atoms with Gasteiger partial charge in [0.25, 0.3) is 0 Å². The van der Waals surface area contributed by atoms with Gasteiger partial charge < -0.3 is 10.6 Å². The van der Waals surface area contributed by atoms with Crippen molar-refractivity contribution in [2.75, 3.05) is 18.4 Å². The average molecular weight is 248 g/mol. The smallest absolute Gasteiger partial charge is 0.367 e. The fourth-order valence-corrected chi connectivity index (χ4v) is 1.01. The molecule has 0 fully saturated rings. The SMILES string of the molecule is CC(=O)NCCNc1ccc(C(F)(F)F)nn1. The van der Waals surface area contributed by atoms with Gasteiger partial charge in [-0.1, -0.05) is 0 Å². The van der Waals surface area contributed by atoms with E-state index in [0.717, 1.165) is 6.07 Å². The molecule has 1 rings (SSSR count). The molecule has 1 amide bonds. The molecule has 0 saturated heterocycles. The summed E-state index contributed by atoms with van der Waals surface area (Å²) in [5.41, 5.74) is -1.04. The minimum Gasteiger partial charge on any atom is -0.367 e. The van der Waals surface area contributed by atoms with Gasteiger partial charge in [-0.3, -0.25) is 4.79 Å². The predicted molar refractivity (Wildman–Crippen MR) is 54.2 cm³/mol. The van der Waals surface area contributed by atoms with E-state index in [-0.39, 0.29) is 11.7 Å². The lowest BCUT2D eigenvalue weighted by molar-refractivity contribution is -0.141. The van der Waals surface area contributed by atoms with Crippen LogP contribution in [0.1, 0.15) is 12.6 Å². The monoisotopic (exact) mass is 248 g/mol. The van der Waals surface area contributed by atoms with Crippen LogP contribution >= 0.6 is 0 Å². The van der Waals surface area contributed by atoms with E-state index in [4.69, 9.17) is 0 Å². The third-order valence-electron chi connectivity index (χ3n) is 1.76. The summed E-state index contributed by atoms with van der Waals surface area (Å²) >= 11 is 0. The highest BCUT2D eigenvalue weighted by atomic mass is 19.4. The van der Waals surface area contributed by atoms with Crippen molar-refractivity contribution in [3.63, 3.8) is 0 Å². The Labute approximate surface area is 95.4 Å². The summed E-state index contributed by atoms with van der Waals surface area (Å²) < 4.78 is 36.4. The summed E-state index contributed by atoms with van der Waals surface area (Å²) in [4.78, 5) is 10.5. The van der Waals surface area contributed by atoms with Gasteiger partial charge in [0.2, 0.25) is 5.91 Å². The Balaban J connectivity index is 2.43. The number of halogens is 3. The van der Waals surface area contributed by atoms with Crippen molar-refractivity contribution in [3.05, 3.63) is 17.8 Å². The summed E-state index contributed by atoms with van der Waals surface area (Å²) in [6.07, 6.45) is -4.48. The second kappa shape index (κ2) is 5.46. The number of alkyl halides is 3. The van der Waals surface area contributed by atoms with Crippen LogP contribution in [0.3, 0.4) is 0 Å². The summed E-state index contributed by atoms with van der Waals surface area (Å²) in [6.45, 7) is 2.09. The normalized spacial score (nSPS) is 11.1. The van der Waals surface area contributed by atoms with E-state index in [9.17, 15) is 18.0 Å². The lowest BCUT2D eigenvalue weighted by atomic mass is 10.4. The van der Waals surface area contributed by atoms with Crippen molar-refractivity contribution in [1.29, 1.82) is 0 Å². The van der Waals surface area contributed by atoms with Crippen LogP contribution in [0.2, 0.25) is 0 Å². The Morgan fingerprint density at radius 3 is 2.47 bits per heavy atom. The second-order valence-electron chi connectivity index (χ2n) is 3.21. The predicted octanol–water partition coefficient (Wildman–Crippen LogP) is 1.04. The summed E-state index contributed by atoms with van der Waals surface area (Å²) in [7, 11) is 0. The summed E-state index contributed by atoms with van der Waals surface area (Å²) in [5.74, 6) is 0.0497. The molecule has 0 aliphatic carbocycles. The van der Waals surface area contributed by atoms with Crippen LogP contribution in [-0.4, -0.2) is 29.2 Å². The maximum absolute atomic E-state index is 12.1. The highest BCUT2D eigenvalue weighted by Gasteiger charge is 2.32. The topological polar surface area (TPSA) is 66.9 Å². The van der Waals surface area contributed by atoms with Crippen LogP contribution in [0.15, 0.2) is 12.1 Å². The number of rotatable bonds is 4. The standard InChI is InChI=1S/C9H11F3N4O/c1-6(17)13-4-5-14-8-3-2-7(15-16-8)9(10,11)12/h2-3H,4-5H2,1H3,(H,13,17)(H,14,16). The molecule has 0 aromatic carbocycles. The second-order valence-corrected chi connectivity index (χ2v) is 3.21. The lowest BCUT2D eigenvalue weighted by Gasteiger charge is -2.07. The Kier molecular flexibility index (Phi) is 4.24. The molecule has 5 nitrogen and oxygen atoms in total. The molecule has 1 aromatic heterocycles. The van der Waals surface area contributed by atoms with Gasteiger partial charge in [-0.2, -0.15) is 13.2 Å². The highest BCUT2D eigenvalue weighted by molar-refractivity contribution is 5.72. The van der Waals surface area contributed by atoms with E-state index < -0.39 is 11.9 Å². The fourth-order valence-electron chi connectivity index (χ4n) is 1.01. The molecule has 8 heteroatoms. The number of hydrogen-bond acceptors (Lipinski definition) is 4. The Hall–Kier alpha value is -1.86. The molecule has 94 valence electrons. The molecule has 0 aliphatic heterocycles. The van der Waals surface area contributed by atoms with Gasteiger partial charge in [-0.25, -0.2) is 0 Å². The largest absolute Gasteiger partial charge is 0.435 e. The first kappa shape index (κ1) is 13.2. The first-order valence-corrected chi connectivity index (χ1v) is 4.79. The van der Waals surface area contributed by atoms with E-state index in [2.05, 4.69) is 20.8 Å². The number of hydrogen-bond donors (Lipinski definition) is 2. The zero-order chi connectivity index (χ0) is 12.9. The molecule has 0 unspecified atom stereocenters. The number of carbonyl (C=O) groups excluding carboxylic acids is 1. The zero-order valence-corrected chi connectivity index (χ0v) is 9.01. The number of aromatic nitrogens is 2. The molecule has 0 radical (unpaired) electrons. The maximum atomic E-state index is 12.1. The van der Waals surface area contributed by atoms with Gasteiger partial charge in [-0.15, -0.1) is 10.2 Å². The molecule has 0 bridgehead atoms. The van der Waals surface area contributed by atoms with Gasteiger partial charge >= 0.3 is 6.18 Å². The van der Waals surface area contributed by atoms with Crippen molar-refractivity contribution in [2.24, 2.45) is 0 Å². The van der Waals surface area contributed by atoms with Crippen LogP contribution in [0.5, 0.6) is 0 Å². The molecule has 1 heterocycles. The van der Waals surface area contributed by atoms with Crippen molar-refractivity contribution in [2.45, 2.75) is 13.1 Å². The molecule has 0 aliphatic rings. The molecular formula is C9H11F3N4O. The van der Waals surface area contributed by atoms with E-state index >= 15 is 0 Å². The van der Waals surface area contributed by atoms with Crippen LogP contribution in [0, 0.1) is 0 Å². The van der Waals surface area contributed by atoms with E-state index in [1.165, 1.54) is 13.0 Å². The molecule has 0 saturated carbocycles. The first-order valence-electron chi connectivity index (χ1n) is 4.79. The van der Waals surface area contributed by atoms with Gasteiger partial charge in [0.05, 0.1) is 0 Å². The summed E-state index contributed by atoms with van der Waals surface area (Å²) in [5, 5.41) is 11.7. The maximum Gasteiger partial charge on any atom is 0.435 e. The third kappa shape index (κ3) is 4.66. The van der Waals surface area contributed by atoms with Crippen LogP contribution in [0.4, 0.5) is 19.0 Å². The third-order valence-corrected chi connectivity index (χ3v) is 1.76. The van der Waals surface area contributed by atoms with Crippen LogP contribution < -0.4 is 10.6 Å². The van der Waals surface area contributed by atoms with Crippen LogP contribution in [-0.2, 0) is 11.0 Å².